The van der Waals surface area contributed by atoms with Crippen molar-refractivity contribution in [3.63, 3.8) is 0 Å². The summed E-state index contributed by atoms with van der Waals surface area (Å²) in [6.45, 7) is 10.2. The van der Waals surface area contributed by atoms with E-state index in [1.807, 2.05) is 0 Å². The molecule has 2 radical (unpaired) electrons. The van der Waals surface area contributed by atoms with Crippen LogP contribution in [0.4, 0.5) is 0 Å². The maximum atomic E-state index is 6.25. The summed E-state index contributed by atoms with van der Waals surface area (Å²) in [4.78, 5) is 0. The average Bonchev–Trinajstić information content (AvgIpc) is 2.75. The summed E-state index contributed by atoms with van der Waals surface area (Å²) in [5.41, 5.74) is -4.68. The summed E-state index contributed by atoms with van der Waals surface area (Å²) in [6, 6.07) is 0. The van der Waals surface area contributed by atoms with Crippen molar-refractivity contribution in [2.75, 3.05) is 24.7 Å². The Morgan fingerprint density at radius 2 is 0.935 bits per heavy atom. The average molecular weight is 746 g/mol. The van der Waals surface area contributed by atoms with E-state index in [-0.39, 0.29) is 0 Å². The van der Waals surface area contributed by atoms with Crippen molar-refractivity contribution in [2.24, 2.45) is 0 Å². The van der Waals surface area contributed by atoms with Crippen molar-refractivity contribution in [1.29, 1.82) is 0 Å². The van der Waals surface area contributed by atoms with Crippen molar-refractivity contribution >= 4 is 82.9 Å². The molecule has 2 atom stereocenters. The van der Waals surface area contributed by atoms with Crippen LogP contribution in [0.1, 0.15) is 105 Å². The predicted octanol–water partition coefficient (Wildman–Crippen LogP) is 9.26. The Morgan fingerprint density at radius 3 is 1.29 bits per heavy atom. The van der Waals surface area contributed by atoms with Gasteiger partial charge in [-0.2, -0.15) is 0 Å². The first-order chi connectivity index (χ1) is 14.9. The number of rotatable bonds is 24. The molecule has 0 saturated carbocycles. The summed E-state index contributed by atoms with van der Waals surface area (Å²) < 4.78 is 24.7. The molecule has 0 heterocycles. The molecule has 0 saturated heterocycles. The zero-order chi connectivity index (χ0) is 23.3. The Kier molecular flexibility index (Phi) is 25.2. The van der Waals surface area contributed by atoms with Crippen LogP contribution in [-0.4, -0.2) is 49.9 Å². The van der Waals surface area contributed by atoms with Crippen LogP contribution in [0, 0.1) is 0 Å². The van der Waals surface area contributed by atoms with Gasteiger partial charge < -0.3 is 0 Å². The van der Waals surface area contributed by atoms with E-state index in [0.717, 1.165) is 50.0 Å². The van der Waals surface area contributed by atoms with Gasteiger partial charge in [0.05, 0.1) is 0 Å². The van der Waals surface area contributed by atoms with Crippen LogP contribution in [0.15, 0.2) is 0 Å². The SMILES string of the molecule is CCCCCOP(=S)([O][Pb][O]P(=S)(OCCCCC)SCCCCC)SCCCCC. The molecule has 0 aromatic heterocycles. The molecule has 0 rings (SSSR count). The summed E-state index contributed by atoms with van der Waals surface area (Å²) in [5, 5.41) is 0. The van der Waals surface area contributed by atoms with Crippen LogP contribution in [-0.2, 0) is 37.6 Å². The molecule has 31 heavy (non-hydrogen) atoms. The standard InChI is InChI=1S/2C10H23O2PS2.Pb/c2*1-3-5-7-9-12-13(11,14)15-10-8-6-4-2;/h2*3-10H2,1-2H3,(H,11,14);/q;;+2/p-2. The maximum absolute atomic E-state index is 6.25. The van der Waals surface area contributed by atoms with Gasteiger partial charge in [-0.05, 0) is 0 Å². The van der Waals surface area contributed by atoms with Gasteiger partial charge in [0, 0.05) is 0 Å². The minimum absolute atomic E-state index is 0.683. The molecule has 0 aliphatic carbocycles. The Labute approximate surface area is 224 Å². The third kappa shape index (κ3) is 20.6. The molecule has 0 aliphatic heterocycles. The zero-order valence-corrected chi connectivity index (χ0v) is 28.9. The molecule has 0 aromatic carbocycles. The second-order valence-electron chi connectivity index (χ2n) is 7.32. The van der Waals surface area contributed by atoms with Crippen molar-refractivity contribution in [3.05, 3.63) is 0 Å². The molecule has 0 aliphatic rings. The third-order valence-corrected chi connectivity index (χ3v) is 28.4. The van der Waals surface area contributed by atoms with Gasteiger partial charge in [0.1, 0.15) is 0 Å². The van der Waals surface area contributed by atoms with E-state index < -0.39 is 36.5 Å². The fourth-order valence-corrected chi connectivity index (χ4v) is 21.4. The first-order valence-electron chi connectivity index (χ1n) is 11.9. The quantitative estimate of drug-likeness (QED) is 0.0550. The van der Waals surface area contributed by atoms with Crippen molar-refractivity contribution in [1.82, 2.24) is 0 Å². The van der Waals surface area contributed by atoms with Gasteiger partial charge >= 0.3 is 226 Å². The van der Waals surface area contributed by atoms with Crippen molar-refractivity contribution in [3.8, 4) is 0 Å². The van der Waals surface area contributed by atoms with Crippen LogP contribution in [0.2, 0.25) is 0 Å². The molecule has 0 N–H and O–H groups in total. The van der Waals surface area contributed by atoms with E-state index in [4.69, 9.17) is 37.6 Å². The first-order valence-corrected chi connectivity index (χ1v) is 23.5. The molecule has 186 valence electrons. The molecular weight excluding hydrogens is 702 g/mol. The first kappa shape index (κ1) is 33.8. The molecule has 2 unspecified atom stereocenters. The van der Waals surface area contributed by atoms with Crippen LogP contribution < -0.4 is 0 Å². The summed E-state index contributed by atoms with van der Waals surface area (Å²) >= 11 is 13.2. The van der Waals surface area contributed by atoms with E-state index in [1.54, 1.807) is 22.8 Å². The molecule has 0 amide bonds. The fourth-order valence-electron chi connectivity index (χ4n) is 2.40. The summed E-state index contributed by atoms with van der Waals surface area (Å²) in [6.07, 6.45) is 13.9. The number of unbranched alkanes of at least 4 members (excludes halogenated alkanes) is 8. The monoisotopic (exact) mass is 746 g/mol. The minimum atomic E-state index is -2.34. The van der Waals surface area contributed by atoms with Gasteiger partial charge in [-0.25, -0.2) is 0 Å². The Bertz CT molecular complexity index is 430. The Hall–Kier alpha value is 2.76. The molecule has 0 fully saturated rings. The van der Waals surface area contributed by atoms with Gasteiger partial charge in [0.15, 0.2) is 0 Å². The van der Waals surface area contributed by atoms with Crippen molar-refractivity contribution < 1.29 is 14.0 Å². The zero-order valence-electron chi connectivity index (χ0n) is 20.0. The molecule has 11 heteroatoms. The molecule has 0 aromatic rings. The molecule has 4 nitrogen and oxygen atoms in total. The van der Waals surface area contributed by atoms with Gasteiger partial charge in [0.25, 0.3) is 0 Å². The number of hydrogen-bond acceptors (Lipinski definition) is 8. The van der Waals surface area contributed by atoms with Gasteiger partial charge in [0.2, 0.25) is 0 Å². The van der Waals surface area contributed by atoms with E-state index >= 15 is 0 Å². The second-order valence-corrected chi connectivity index (χ2v) is 24.9. The van der Waals surface area contributed by atoms with Crippen LogP contribution in [0.3, 0.4) is 0 Å². The molecular formula is C20H44O4P2PbS4. The normalized spacial score (nSPS) is 15.6. The number of hydrogen-bond donors (Lipinski definition) is 0. The second kappa shape index (κ2) is 23.2. The molecule has 0 bridgehead atoms. The predicted molar refractivity (Wildman–Crippen MR) is 151 cm³/mol. The Morgan fingerprint density at radius 1 is 0.581 bits per heavy atom. The van der Waals surface area contributed by atoms with Gasteiger partial charge in [-0.15, -0.1) is 0 Å². The van der Waals surface area contributed by atoms with E-state index in [2.05, 4.69) is 27.7 Å². The summed E-state index contributed by atoms with van der Waals surface area (Å²) in [7, 11) is 0. The topological polar surface area (TPSA) is 36.9 Å². The van der Waals surface area contributed by atoms with Crippen LogP contribution in [0.25, 0.3) is 0 Å². The van der Waals surface area contributed by atoms with Crippen molar-refractivity contribution in [2.45, 2.75) is 105 Å². The van der Waals surface area contributed by atoms with E-state index in [9.17, 15) is 0 Å². The van der Waals surface area contributed by atoms with E-state index in [0.29, 0.717) is 13.2 Å². The van der Waals surface area contributed by atoms with Gasteiger partial charge in [-0.3, -0.25) is 0 Å². The fraction of sp³-hybridized carbons (Fsp3) is 1.00. The molecule has 0 spiro atoms. The van der Waals surface area contributed by atoms with Crippen LogP contribution in [0.5, 0.6) is 0 Å². The van der Waals surface area contributed by atoms with Crippen LogP contribution >= 0.6 is 34.2 Å². The summed E-state index contributed by atoms with van der Waals surface area (Å²) in [5.74, 6) is 1.99. The van der Waals surface area contributed by atoms with E-state index in [1.165, 1.54) is 38.5 Å². The third-order valence-electron chi connectivity index (χ3n) is 4.29. The Balaban J connectivity index is 4.73. The van der Waals surface area contributed by atoms with Gasteiger partial charge in [-0.1, -0.05) is 0 Å².